The molecule has 0 atom stereocenters. The van der Waals surface area contributed by atoms with Gasteiger partial charge in [-0.05, 0) is 12.0 Å². The Morgan fingerprint density at radius 3 is 2.56 bits per heavy atom. The third-order valence-corrected chi connectivity index (χ3v) is 2.14. The monoisotopic (exact) mass is 216 g/mol. The van der Waals surface area contributed by atoms with Crippen LogP contribution in [0.15, 0.2) is 35.5 Å². The molecule has 0 aliphatic rings. The van der Waals surface area contributed by atoms with Gasteiger partial charge in [-0.25, -0.2) is 0 Å². The van der Waals surface area contributed by atoms with Gasteiger partial charge in [0.2, 0.25) is 0 Å². The van der Waals surface area contributed by atoms with Crippen LogP contribution in [0, 0.1) is 0 Å². The highest BCUT2D eigenvalue weighted by atomic mass is 16.1. The van der Waals surface area contributed by atoms with Gasteiger partial charge in [0.25, 0.3) is 0 Å². The molecule has 1 aromatic carbocycles. The van der Waals surface area contributed by atoms with Crippen molar-refractivity contribution in [2.75, 3.05) is 6.54 Å². The van der Waals surface area contributed by atoms with Gasteiger partial charge in [0.1, 0.15) is 6.29 Å². The standard InChI is InChI=1S/C13H16N2O/c1-2-7-15-9-13(8-14)12-5-3-11(10-16)4-6-12/h3-6,8-10H,2,7,14H2,1H3/b13-8+,15-9?. The van der Waals surface area contributed by atoms with Crippen molar-refractivity contribution in [2.45, 2.75) is 13.3 Å². The van der Waals surface area contributed by atoms with Crippen molar-refractivity contribution in [2.24, 2.45) is 10.7 Å². The Hall–Kier alpha value is -1.90. The summed E-state index contributed by atoms with van der Waals surface area (Å²) >= 11 is 0. The smallest absolute Gasteiger partial charge is 0.150 e. The minimum atomic E-state index is 0.658. The zero-order valence-corrected chi connectivity index (χ0v) is 9.39. The zero-order chi connectivity index (χ0) is 11.8. The van der Waals surface area contributed by atoms with E-state index in [0.717, 1.165) is 30.4 Å². The fourth-order valence-corrected chi connectivity index (χ4v) is 1.26. The minimum Gasteiger partial charge on any atom is -0.404 e. The van der Waals surface area contributed by atoms with Crippen molar-refractivity contribution in [3.8, 4) is 0 Å². The summed E-state index contributed by atoms with van der Waals surface area (Å²) in [5, 5.41) is 0. The second-order valence-corrected chi connectivity index (χ2v) is 3.40. The quantitative estimate of drug-likeness (QED) is 0.606. The van der Waals surface area contributed by atoms with Crippen LogP contribution in [0.25, 0.3) is 5.57 Å². The van der Waals surface area contributed by atoms with E-state index in [9.17, 15) is 4.79 Å². The molecule has 2 N–H and O–H groups in total. The number of benzene rings is 1. The van der Waals surface area contributed by atoms with Gasteiger partial charge in [0.05, 0.1) is 0 Å². The van der Waals surface area contributed by atoms with Gasteiger partial charge in [-0.2, -0.15) is 0 Å². The van der Waals surface area contributed by atoms with Crippen LogP contribution in [-0.2, 0) is 0 Å². The second-order valence-electron chi connectivity index (χ2n) is 3.40. The van der Waals surface area contributed by atoms with E-state index in [1.54, 1.807) is 18.3 Å². The lowest BCUT2D eigenvalue weighted by molar-refractivity contribution is 0.112. The normalized spacial score (nSPS) is 11.9. The van der Waals surface area contributed by atoms with Crippen LogP contribution in [0.3, 0.4) is 0 Å². The first kappa shape index (κ1) is 12.2. The first-order valence-electron chi connectivity index (χ1n) is 5.29. The summed E-state index contributed by atoms with van der Waals surface area (Å²) in [5.74, 6) is 0. The van der Waals surface area contributed by atoms with E-state index in [-0.39, 0.29) is 0 Å². The van der Waals surface area contributed by atoms with Crippen LogP contribution in [-0.4, -0.2) is 19.0 Å². The third-order valence-electron chi connectivity index (χ3n) is 2.14. The van der Waals surface area contributed by atoms with E-state index in [0.29, 0.717) is 5.56 Å². The molecule has 1 aromatic rings. The highest BCUT2D eigenvalue weighted by Crippen LogP contribution is 2.12. The summed E-state index contributed by atoms with van der Waals surface area (Å²) < 4.78 is 0. The average molecular weight is 216 g/mol. The summed E-state index contributed by atoms with van der Waals surface area (Å²) in [7, 11) is 0. The molecule has 0 bridgehead atoms. The molecule has 1 rings (SSSR count). The maximum Gasteiger partial charge on any atom is 0.150 e. The number of hydrogen-bond donors (Lipinski definition) is 1. The second kappa shape index (κ2) is 6.56. The number of carbonyl (C=O) groups is 1. The molecule has 0 amide bonds. The van der Waals surface area contributed by atoms with Crippen molar-refractivity contribution in [1.82, 2.24) is 0 Å². The van der Waals surface area contributed by atoms with E-state index < -0.39 is 0 Å². The Kier molecular flexibility index (Phi) is 4.99. The highest BCUT2D eigenvalue weighted by Gasteiger charge is 1.97. The average Bonchev–Trinajstić information content (AvgIpc) is 2.35. The highest BCUT2D eigenvalue weighted by molar-refractivity contribution is 6.09. The van der Waals surface area contributed by atoms with Gasteiger partial charge in [-0.3, -0.25) is 9.79 Å². The predicted octanol–water partition coefficient (Wildman–Crippen LogP) is 2.28. The topological polar surface area (TPSA) is 55.4 Å². The Morgan fingerprint density at radius 2 is 2.06 bits per heavy atom. The molecule has 0 saturated carbocycles. The molecule has 0 spiro atoms. The maximum atomic E-state index is 10.5. The number of aliphatic imine (C=N–C) groups is 1. The van der Waals surface area contributed by atoms with Crippen LogP contribution in [0.5, 0.6) is 0 Å². The fraction of sp³-hybridized carbons (Fsp3) is 0.231. The lowest BCUT2D eigenvalue weighted by atomic mass is 10.1. The molecule has 0 fully saturated rings. The lowest BCUT2D eigenvalue weighted by Crippen LogP contribution is -1.92. The van der Waals surface area contributed by atoms with Gasteiger partial charge in [0, 0.05) is 30.1 Å². The molecule has 84 valence electrons. The first-order valence-corrected chi connectivity index (χ1v) is 5.29. The lowest BCUT2D eigenvalue weighted by Gasteiger charge is -2.01. The Bertz CT molecular complexity index is 391. The number of carbonyl (C=O) groups excluding carboxylic acids is 1. The molecule has 0 aliphatic carbocycles. The number of aldehydes is 1. The summed E-state index contributed by atoms with van der Waals surface area (Å²) in [6.45, 7) is 2.87. The molecule has 16 heavy (non-hydrogen) atoms. The number of rotatable bonds is 5. The first-order chi connectivity index (χ1) is 7.81. The van der Waals surface area contributed by atoms with E-state index in [1.807, 2.05) is 12.1 Å². The molecule has 0 unspecified atom stereocenters. The number of nitrogens with two attached hydrogens (primary N) is 1. The minimum absolute atomic E-state index is 0.658. The Labute approximate surface area is 95.7 Å². The van der Waals surface area contributed by atoms with Crippen molar-refractivity contribution < 1.29 is 4.79 Å². The molecule has 0 heterocycles. The molecule has 3 heteroatoms. The van der Waals surface area contributed by atoms with Crippen molar-refractivity contribution in [3.05, 3.63) is 41.6 Å². The molecule has 0 aliphatic heterocycles. The summed E-state index contributed by atoms with van der Waals surface area (Å²) in [6.07, 6.45) is 5.12. The van der Waals surface area contributed by atoms with Crippen molar-refractivity contribution in [1.29, 1.82) is 0 Å². The fourth-order valence-electron chi connectivity index (χ4n) is 1.26. The number of nitrogens with zero attached hydrogens (tertiary/aromatic N) is 1. The van der Waals surface area contributed by atoms with Gasteiger partial charge < -0.3 is 5.73 Å². The van der Waals surface area contributed by atoms with Gasteiger partial charge in [-0.1, -0.05) is 31.2 Å². The van der Waals surface area contributed by atoms with Crippen LogP contribution in [0.4, 0.5) is 0 Å². The van der Waals surface area contributed by atoms with E-state index in [2.05, 4.69) is 11.9 Å². The van der Waals surface area contributed by atoms with Gasteiger partial charge in [0.15, 0.2) is 0 Å². The van der Waals surface area contributed by atoms with E-state index in [4.69, 9.17) is 5.73 Å². The largest absolute Gasteiger partial charge is 0.404 e. The Balaban J connectivity index is 2.83. The predicted molar refractivity (Wildman–Crippen MR) is 67.6 cm³/mol. The summed E-state index contributed by atoms with van der Waals surface area (Å²) in [4.78, 5) is 14.7. The number of allylic oxidation sites excluding steroid dienone is 1. The Morgan fingerprint density at radius 1 is 1.38 bits per heavy atom. The summed E-state index contributed by atoms with van der Waals surface area (Å²) in [6, 6.07) is 7.25. The van der Waals surface area contributed by atoms with E-state index in [1.165, 1.54) is 6.20 Å². The molecular formula is C13H16N2O. The van der Waals surface area contributed by atoms with Crippen LogP contribution < -0.4 is 5.73 Å². The van der Waals surface area contributed by atoms with Gasteiger partial charge >= 0.3 is 0 Å². The molecule has 3 nitrogen and oxygen atoms in total. The number of hydrogen-bond acceptors (Lipinski definition) is 3. The molecule has 0 aromatic heterocycles. The zero-order valence-electron chi connectivity index (χ0n) is 9.39. The summed E-state index contributed by atoms with van der Waals surface area (Å²) in [5.41, 5.74) is 8.03. The molecule has 0 saturated heterocycles. The third kappa shape index (κ3) is 3.35. The van der Waals surface area contributed by atoms with Crippen LogP contribution >= 0.6 is 0 Å². The van der Waals surface area contributed by atoms with Gasteiger partial charge in [-0.15, -0.1) is 0 Å². The van der Waals surface area contributed by atoms with Crippen molar-refractivity contribution in [3.63, 3.8) is 0 Å². The SMILES string of the molecule is CCCN=C/C(=C\N)c1ccc(C=O)cc1. The van der Waals surface area contributed by atoms with E-state index >= 15 is 0 Å². The maximum absolute atomic E-state index is 10.5. The van der Waals surface area contributed by atoms with Crippen LogP contribution in [0.2, 0.25) is 0 Å². The van der Waals surface area contributed by atoms with Crippen molar-refractivity contribution >= 4 is 18.1 Å². The molecular weight excluding hydrogens is 200 g/mol. The van der Waals surface area contributed by atoms with Crippen LogP contribution in [0.1, 0.15) is 29.3 Å². The molecule has 0 radical (unpaired) electrons.